The van der Waals surface area contributed by atoms with Gasteiger partial charge >= 0.3 is 0 Å². The molecule has 0 aliphatic carbocycles. The van der Waals surface area contributed by atoms with Crippen LogP contribution < -0.4 is 10.6 Å². The quantitative estimate of drug-likeness (QED) is 0.632. The van der Waals surface area contributed by atoms with E-state index in [1.807, 2.05) is 24.3 Å². The first-order valence-electron chi connectivity index (χ1n) is 10.9. The van der Waals surface area contributed by atoms with Crippen LogP contribution in [0.15, 0.2) is 42.5 Å². The van der Waals surface area contributed by atoms with Crippen molar-refractivity contribution in [2.24, 2.45) is 0 Å². The van der Waals surface area contributed by atoms with Gasteiger partial charge in [0.15, 0.2) is 0 Å². The lowest BCUT2D eigenvalue weighted by Gasteiger charge is -2.29. The molecule has 4 amide bonds. The van der Waals surface area contributed by atoms with Gasteiger partial charge in [-0.15, -0.1) is 0 Å². The van der Waals surface area contributed by atoms with Crippen LogP contribution in [-0.4, -0.2) is 40.4 Å². The fourth-order valence-corrected chi connectivity index (χ4v) is 4.29. The number of Topliss-reactive ketones (excluding diaryl/α,β-unsaturated/α-hetero) is 1. The van der Waals surface area contributed by atoms with Gasteiger partial charge in [0, 0.05) is 44.0 Å². The molecule has 2 aromatic carbocycles. The lowest BCUT2D eigenvalue weighted by Crippen LogP contribution is -2.52. The number of aryl methyl sites for hydroxylation is 1. The van der Waals surface area contributed by atoms with Gasteiger partial charge in [-0.25, -0.2) is 0 Å². The SMILES string of the molecule is CC(=O)Nc1ccc(CC(=O)CCc2ccc3c(c2)CN(C2CCC(=O)NC2=O)C3=O)cc1. The van der Waals surface area contributed by atoms with Crippen molar-refractivity contribution in [3.8, 4) is 0 Å². The maximum absolute atomic E-state index is 12.8. The molecule has 2 aliphatic rings. The molecule has 8 nitrogen and oxygen atoms in total. The monoisotopic (exact) mass is 447 g/mol. The molecule has 33 heavy (non-hydrogen) atoms. The van der Waals surface area contributed by atoms with Crippen molar-refractivity contribution in [1.29, 1.82) is 0 Å². The van der Waals surface area contributed by atoms with Crippen LogP contribution in [0.3, 0.4) is 0 Å². The van der Waals surface area contributed by atoms with Gasteiger partial charge < -0.3 is 10.2 Å². The number of carbonyl (C=O) groups excluding carboxylic acids is 5. The number of hydrogen-bond acceptors (Lipinski definition) is 5. The van der Waals surface area contributed by atoms with Crippen molar-refractivity contribution in [3.63, 3.8) is 0 Å². The number of imide groups is 1. The molecule has 170 valence electrons. The van der Waals surface area contributed by atoms with Crippen LogP contribution in [-0.2, 0) is 38.6 Å². The highest BCUT2D eigenvalue weighted by atomic mass is 16.2. The molecule has 2 aromatic rings. The average molecular weight is 447 g/mol. The molecule has 8 heteroatoms. The van der Waals surface area contributed by atoms with Crippen molar-refractivity contribution in [1.82, 2.24) is 10.2 Å². The molecular weight excluding hydrogens is 422 g/mol. The summed E-state index contributed by atoms with van der Waals surface area (Å²) in [6, 6.07) is 12.1. The molecule has 4 rings (SSSR count). The predicted molar refractivity (Wildman–Crippen MR) is 120 cm³/mol. The molecule has 1 fully saturated rings. The highest BCUT2D eigenvalue weighted by Gasteiger charge is 2.39. The van der Waals surface area contributed by atoms with E-state index in [9.17, 15) is 24.0 Å². The van der Waals surface area contributed by atoms with Gasteiger partial charge in [-0.2, -0.15) is 0 Å². The number of rotatable bonds is 7. The summed E-state index contributed by atoms with van der Waals surface area (Å²) in [5, 5.41) is 5.00. The topological polar surface area (TPSA) is 113 Å². The van der Waals surface area contributed by atoms with Gasteiger partial charge in [-0.3, -0.25) is 29.3 Å². The molecule has 0 aromatic heterocycles. The molecule has 1 unspecified atom stereocenters. The largest absolute Gasteiger partial charge is 0.326 e. The smallest absolute Gasteiger partial charge is 0.255 e. The number of piperidine rings is 1. The highest BCUT2D eigenvalue weighted by molar-refractivity contribution is 6.05. The number of amides is 4. The van der Waals surface area contributed by atoms with Gasteiger partial charge in [0.05, 0.1) is 0 Å². The minimum atomic E-state index is -0.635. The summed E-state index contributed by atoms with van der Waals surface area (Å²) < 4.78 is 0. The van der Waals surface area contributed by atoms with Crippen molar-refractivity contribution < 1.29 is 24.0 Å². The minimum absolute atomic E-state index is 0.101. The fourth-order valence-electron chi connectivity index (χ4n) is 4.29. The molecule has 2 heterocycles. The predicted octanol–water partition coefficient (Wildman–Crippen LogP) is 2.15. The molecular formula is C25H25N3O5. The number of benzene rings is 2. The van der Waals surface area contributed by atoms with Crippen LogP contribution in [0.1, 0.15) is 53.2 Å². The van der Waals surface area contributed by atoms with Crippen LogP contribution >= 0.6 is 0 Å². The van der Waals surface area contributed by atoms with Crippen LogP contribution in [0.5, 0.6) is 0 Å². The van der Waals surface area contributed by atoms with Gasteiger partial charge in [-0.05, 0) is 47.7 Å². The van der Waals surface area contributed by atoms with Crippen LogP contribution in [0.2, 0.25) is 0 Å². The summed E-state index contributed by atoms with van der Waals surface area (Å²) in [5.74, 6) is -0.983. The molecule has 0 radical (unpaired) electrons. The second kappa shape index (κ2) is 9.36. The Morgan fingerprint density at radius 2 is 1.79 bits per heavy atom. The van der Waals surface area contributed by atoms with Gasteiger partial charge in [-0.1, -0.05) is 24.3 Å². The molecule has 2 N–H and O–H groups in total. The molecule has 0 bridgehead atoms. The van der Waals surface area contributed by atoms with E-state index >= 15 is 0 Å². The van der Waals surface area contributed by atoms with Crippen molar-refractivity contribution >= 4 is 35.1 Å². The van der Waals surface area contributed by atoms with E-state index in [0.717, 1.165) is 16.7 Å². The third-order valence-corrected chi connectivity index (χ3v) is 5.96. The lowest BCUT2D eigenvalue weighted by molar-refractivity contribution is -0.137. The fraction of sp³-hybridized carbons (Fsp3) is 0.320. The molecule has 0 spiro atoms. The highest BCUT2D eigenvalue weighted by Crippen LogP contribution is 2.28. The first kappa shape index (κ1) is 22.4. The first-order valence-corrected chi connectivity index (χ1v) is 10.9. The summed E-state index contributed by atoms with van der Waals surface area (Å²) in [6.07, 6.45) is 1.80. The van der Waals surface area contributed by atoms with E-state index < -0.39 is 11.9 Å². The van der Waals surface area contributed by atoms with E-state index in [0.29, 0.717) is 43.5 Å². The van der Waals surface area contributed by atoms with Crippen LogP contribution in [0.4, 0.5) is 5.69 Å². The zero-order valence-corrected chi connectivity index (χ0v) is 18.3. The van der Waals surface area contributed by atoms with Crippen LogP contribution in [0, 0.1) is 0 Å². The van der Waals surface area contributed by atoms with Gasteiger partial charge in [0.25, 0.3) is 5.91 Å². The van der Waals surface area contributed by atoms with Crippen LogP contribution in [0.25, 0.3) is 0 Å². The Balaban J connectivity index is 1.33. The standard InChI is InChI=1S/C25H25N3O5/c1-15(29)26-19-6-2-17(3-7-19)13-20(30)8-4-16-5-9-21-18(12-16)14-28(25(21)33)22-10-11-23(31)27-24(22)32/h2-3,5-7,9,12,22H,4,8,10-11,13-14H2,1H3,(H,26,29)(H,27,31,32). The van der Waals surface area contributed by atoms with E-state index in [2.05, 4.69) is 10.6 Å². The Bertz CT molecular complexity index is 1140. The molecule has 2 aliphatic heterocycles. The van der Waals surface area contributed by atoms with Gasteiger partial charge in [0.1, 0.15) is 11.8 Å². The third-order valence-electron chi connectivity index (χ3n) is 5.96. The van der Waals surface area contributed by atoms with Gasteiger partial charge in [0.2, 0.25) is 17.7 Å². The van der Waals surface area contributed by atoms with Crippen molar-refractivity contribution in [3.05, 3.63) is 64.7 Å². The minimum Gasteiger partial charge on any atom is -0.326 e. The van der Waals surface area contributed by atoms with E-state index in [4.69, 9.17) is 0 Å². The third kappa shape index (κ3) is 5.16. The first-order chi connectivity index (χ1) is 15.8. The van der Waals surface area contributed by atoms with Crippen molar-refractivity contribution in [2.75, 3.05) is 5.32 Å². The second-order valence-electron chi connectivity index (χ2n) is 8.49. The van der Waals surface area contributed by atoms with E-state index in [1.165, 1.54) is 11.8 Å². The average Bonchev–Trinajstić information content (AvgIpc) is 3.09. The summed E-state index contributed by atoms with van der Waals surface area (Å²) in [5.41, 5.74) is 3.93. The zero-order chi connectivity index (χ0) is 23.5. The number of nitrogens with one attached hydrogen (secondary N) is 2. The Kier molecular flexibility index (Phi) is 6.35. The lowest BCUT2D eigenvalue weighted by atomic mass is 9.99. The summed E-state index contributed by atoms with van der Waals surface area (Å²) in [4.78, 5) is 61.4. The Morgan fingerprint density at radius 1 is 1.06 bits per heavy atom. The van der Waals surface area contributed by atoms with E-state index in [-0.39, 0.29) is 29.9 Å². The Hall–Kier alpha value is -3.81. The molecule has 1 atom stereocenters. The van der Waals surface area contributed by atoms with E-state index in [1.54, 1.807) is 18.2 Å². The molecule has 1 saturated heterocycles. The number of fused-ring (bicyclic) bond motifs is 1. The normalized spacial score (nSPS) is 17.5. The summed E-state index contributed by atoms with van der Waals surface area (Å²) in [6.45, 7) is 1.77. The Morgan fingerprint density at radius 3 is 2.48 bits per heavy atom. The number of hydrogen-bond donors (Lipinski definition) is 2. The maximum Gasteiger partial charge on any atom is 0.255 e. The number of carbonyl (C=O) groups is 5. The summed E-state index contributed by atoms with van der Waals surface area (Å²) >= 11 is 0. The summed E-state index contributed by atoms with van der Waals surface area (Å²) in [7, 11) is 0. The zero-order valence-electron chi connectivity index (χ0n) is 18.3. The molecule has 0 saturated carbocycles. The maximum atomic E-state index is 12.8. The van der Waals surface area contributed by atoms with Crippen molar-refractivity contribution in [2.45, 2.75) is 51.6 Å². The number of ketones is 1. The second-order valence-corrected chi connectivity index (χ2v) is 8.49. The number of anilines is 1. The number of nitrogens with zero attached hydrogens (tertiary/aromatic N) is 1. The Labute approximate surface area is 191 Å².